The number of nitro groups is 1. The van der Waals surface area contributed by atoms with E-state index in [0.717, 1.165) is 17.0 Å². The summed E-state index contributed by atoms with van der Waals surface area (Å²) in [6, 6.07) is 10.8. The van der Waals surface area contributed by atoms with Gasteiger partial charge in [0, 0.05) is 10.9 Å². The molecule has 0 N–H and O–H groups in total. The van der Waals surface area contributed by atoms with Crippen molar-refractivity contribution in [1.29, 1.82) is 0 Å². The minimum absolute atomic E-state index is 0.0472. The Bertz CT molecular complexity index is 885. The summed E-state index contributed by atoms with van der Waals surface area (Å²) < 4.78 is 0.458. The van der Waals surface area contributed by atoms with Crippen LogP contribution in [-0.4, -0.2) is 15.2 Å². The molecular formula is C17H14N2O3S3. The maximum atomic E-state index is 12.7. The Morgan fingerprint density at radius 3 is 2.44 bits per heavy atom. The van der Waals surface area contributed by atoms with Gasteiger partial charge in [-0.1, -0.05) is 61.3 Å². The summed E-state index contributed by atoms with van der Waals surface area (Å²) in [6.07, 6.45) is 1.65. The highest BCUT2D eigenvalue weighted by Gasteiger charge is 2.33. The smallest absolute Gasteiger partial charge is 0.268 e. The molecule has 0 aliphatic carbocycles. The Morgan fingerprint density at radius 1 is 1.20 bits per heavy atom. The van der Waals surface area contributed by atoms with E-state index in [1.807, 2.05) is 24.3 Å². The fourth-order valence-electron chi connectivity index (χ4n) is 2.35. The third-order valence-corrected chi connectivity index (χ3v) is 5.96. The second-order valence-electron chi connectivity index (χ2n) is 5.70. The molecule has 1 aliphatic rings. The summed E-state index contributed by atoms with van der Waals surface area (Å²) in [5.74, 6) is 0.207. The molecule has 2 aromatic rings. The number of thiocarbonyl (C=S) groups is 1. The molecule has 5 nitrogen and oxygen atoms in total. The summed E-state index contributed by atoms with van der Waals surface area (Å²) >= 11 is 7.58. The number of nitrogens with zero attached hydrogens (tertiary/aromatic N) is 2. The van der Waals surface area contributed by atoms with Crippen molar-refractivity contribution < 1.29 is 9.72 Å². The molecule has 128 valence electrons. The number of amides is 1. The minimum atomic E-state index is -0.441. The van der Waals surface area contributed by atoms with Crippen LogP contribution in [0.3, 0.4) is 0 Å². The first-order valence-electron chi connectivity index (χ1n) is 7.49. The number of carbonyl (C=O) groups excluding carboxylic acids is 1. The van der Waals surface area contributed by atoms with Gasteiger partial charge in [-0.05, 0) is 35.8 Å². The summed E-state index contributed by atoms with van der Waals surface area (Å²) in [5, 5.41) is 10.8. The Labute approximate surface area is 158 Å². The van der Waals surface area contributed by atoms with E-state index in [0.29, 0.717) is 20.0 Å². The average Bonchev–Trinajstić information content (AvgIpc) is 3.13. The molecule has 0 bridgehead atoms. The van der Waals surface area contributed by atoms with Crippen LogP contribution in [-0.2, 0) is 4.79 Å². The first kappa shape index (κ1) is 17.8. The maximum absolute atomic E-state index is 12.7. The van der Waals surface area contributed by atoms with Gasteiger partial charge in [-0.15, -0.1) is 0 Å². The SMILES string of the molecule is CC(C)c1ccc(N2C(=O)/C(=C\c3ccc([N+](=O)[O-])s3)SC2=S)cc1. The average molecular weight is 391 g/mol. The lowest BCUT2D eigenvalue weighted by Gasteiger charge is -2.15. The number of thiophene rings is 1. The third kappa shape index (κ3) is 3.65. The van der Waals surface area contributed by atoms with E-state index in [1.165, 1.54) is 28.3 Å². The topological polar surface area (TPSA) is 63.5 Å². The summed E-state index contributed by atoms with van der Waals surface area (Å²) in [5.41, 5.74) is 1.92. The highest BCUT2D eigenvalue weighted by Crippen LogP contribution is 2.37. The molecule has 8 heteroatoms. The van der Waals surface area contributed by atoms with Crippen LogP contribution in [0.2, 0.25) is 0 Å². The molecule has 1 saturated heterocycles. The first-order valence-corrected chi connectivity index (χ1v) is 9.53. The Morgan fingerprint density at radius 2 is 1.88 bits per heavy atom. The molecule has 1 fully saturated rings. The van der Waals surface area contributed by atoms with E-state index in [-0.39, 0.29) is 10.9 Å². The van der Waals surface area contributed by atoms with Crippen LogP contribution < -0.4 is 4.90 Å². The quantitative estimate of drug-likeness (QED) is 0.311. The van der Waals surface area contributed by atoms with Gasteiger partial charge < -0.3 is 0 Å². The van der Waals surface area contributed by atoms with E-state index in [2.05, 4.69) is 13.8 Å². The van der Waals surface area contributed by atoms with Gasteiger partial charge in [-0.3, -0.25) is 19.8 Å². The number of hydrogen-bond acceptors (Lipinski definition) is 6. The van der Waals surface area contributed by atoms with Crippen LogP contribution in [0.15, 0.2) is 41.3 Å². The molecule has 25 heavy (non-hydrogen) atoms. The fourth-order valence-corrected chi connectivity index (χ4v) is 4.48. The van der Waals surface area contributed by atoms with Crippen molar-refractivity contribution in [2.75, 3.05) is 4.90 Å². The molecule has 1 aromatic heterocycles. The van der Waals surface area contributed by atoms with Crippen molar-refractivity contribution in [1.82, 2.24) is 0 Å². The Balaban J connectivity index is 1.86. The summed E-state index contributed by atoms with van der Waals surface area (Å²) in [4.78, 5) is 25.7. The maximum Gasteiger partial charge on any atom is 0.324 e. The number of carbonyl (C=O) groups is 1. The van der Waals surface area contributed by atoms with Crippen LogP contribution >= 0.6 is 35.3 Å². The van der Waals surface area contributed by atoms with Crippen molar-refractivity contribution in [2.45, 2.75) is 19.8 Å². The first-order chi connectivity index (χ1) is 11.9. The van der Waals surface area contributed by atoms with Crippen LogP contribution in [0.5, 0.6) is 0 Å². The molecule has 1 amide bonds. The van der Waals surface area contributed by atoms with Crippen LogP contribution in [0.25, 0.3) is 6.08 Å². The number of rotatable bonds is 4. The predicted molar refractivity (Wildman–Crippen MR) is 107 cm³/mol. The van der Waals surface area contributed by atoms with Crippen LogP contribution in [0.1, 0.15) is 30.2 Å². The lowest BCUT2D eigenvalue weighted by atomic mass is 10.0. The van der Waals surface area contributed by atoms with Gasteiger partial charge in [-0.2, -0.15) is 0 Å². The van der Waals surface area contributed by atoms with Gasteiger partial charge in [0.25, 0.3) is 5.91 Å². The number of thioether (sulfide) groups is 1. The molecular weight excluding hydrogens is 376 g/mol. The van der Waals surface area contributed by atoms with E-state index < -0.39 is 4.92 Å². The molecule has 0 unspecified atom stereocenters. The molecule has 2 heterocycles. The highest BCUT2D eigenvalue weighted by atomic mass is 32.2. The summed E-state index contributed by atoms with van der Waals surface area (Å²) in [7, 11) is 0. The van der Waals surface area contributed by atoms with E-state index in [4.69, 9.17) is 12.2 Å². The normalized spacial score (nSPS) is 16.3. The van der Waals surface area contributed by atoms with Crippen molar-refractivity contribution in [3.05, 3.63) is 61.9 Å². The zero-order valence-electron chi connectivity index (χ0n) is 13.5. The Hall–Kier alpha value is -2.03. The second kappa shape index (κ2) is 7.07. The zero-order valence-corrected chi connectivity index (χ0v) is 15.9. The van der Waals surface area contributed by atoms with Gasteiger partial charge in [0.15, 0.2) is 4.32 Å². The largest absolute Gasteiger partial charge is 0.324 e. The molecule has 3 rings (SSSR count). The zero-order chi connectivity index (χ0) is 18.1. The molecule has 1 aromatic carbocycles. The Kier molecular flexibility index (Phi) is 5.03. The highest BCUT2D eigenvalue weighted by molar-refractivity contribution is 8.27. The van der Waals surface area contributed by atoms with Crippen molar-refractivity contribution in [3.8, 4) is 0 Å². The van der Waals surface area contributed by atoms with E-state index in [1.54, 1.807) is 12.1 Å². The fraction of sp³-hybridized carbons (Fsp3) is 0.176. The second-order valence-corrected chi connectivity index (χ2v) is 8.47. The lowest BCUT2D eigenvalue weighted by molar-refractivity contribution is -0.380. The number of benzene rings is 1. The van der Waals surface area contributed by atoms with E-state index >= 15 is 0 Å². The van der Waals surface area contributed by atoms with Gasteiger partial charge in [0.2, 0.25) is 0 Å². The number of anilines is 1. The van der Waals surface area contributed by atoms with Crippen LogP contribution in [0, 0.1) is 10.1 Å². The minimum Gasteiger partial charge on any atom is -0.268 e. The van der Waals surface area contributed by atoms with Gasteiger partial charge >= 0.3 is 5.00 Å². The van der Waals surface area contributed by atoms with Gasteiger partial charge in [-0.25, -0.2) is 0 Å². The standard InChI is InChI=1S/C17H14N2O3S3/c1-10(2)11-3-5-12(6-4-11)18-16(20)14(25-17(18)23)9-13-7-8-15(24-13)19(21)22/h3-10H,1-2H3/b14-9+. The van der Waals surface area contributed by atoms with Crippen molar-refractivity contribution in [3.63, 3.8) is 0 Å². The van der Waals surface area contributed by atoms with Gasteiger partial charge in [0.1, 0.15) is 0 Å². The summed E-state index contributed by atoms with van der Waals surface area (Å²) in [6.45, 7) is 4.22. The van der Waals surface area contributed by atoms with Crippen molar-refractivity contribution in [2.24, 2.45) is 0 Å². The molecule has 0 radical (unpaired) electrons. The predicted octanol–water partition coefficient (Wildman–Crippen LogP) is 5.19. The molecule has 0 atom stereocenters. The number of hydrogen-bond donors (Lipinski definition) is 0. The monoisotopic (exact) mass is 390 g/mol. The third-order valence-electron chi connectivity index (χ3n) is 3.68. The van der Waals surface area contributed by atoms with Crippen molar-refractivity contribution >= 4 is 62.3 Å². The van der Waals surface area contributed by atoms with Crippen LogP contribution in [0.4, 0.5) is 10.7 Å². The lowest BCUT2D eigenvalue weighted by Crippen LogP contribution is -2.27. The molecule has 0 saturated carbocycles. The molecule has 1 aliphatic heterocycles. The van der Waals surface area contributed by atoms with Gasteiger partial charge in [0.05, 0.1) is 15.5 Å². The van der Waals surface area contributed by atoms with E-state index in [9.17, 15) is 14.9 Å². The molecule has 0 spiro atoms.